The molecule has 1 atom stereocenters. The Hall–Kier alpha value is -1.82. The normalized spacial score (nSPS) is 18.5. The molecule has 6 nitrogen and oxygen atoms in total. The summed E-state index contributed by atoms with van der Waals surface area (Å²) in [6, 6.07) is 1.42. The highest BCUT2D eigenvalue weighted by molar-refractivity contribution is 6.30. The topological polar surface area (TPSA) is 105 Å². The highest BCUT2D eigenvalue weighted by Crippen LogP contribution is 2.33. The van der Waals surface area contributed by atoms with Crippen LogP contribution in [0.1, 0.15) is 49.5 Å². The fourth-order valence-electron chi connectivity index (χ4n) is 2.95. The number of carboxylic acid groups (broad SMARTS) is 1. The zero-order chi connectivity index (χ0) is 16.3. The molecule has 1 fully saturated rings. The van der Waals surface area contributed by atoms with Crippen LogP contribution in [0.5, 0.6) is 0 Å². The third-order valence-electron chi connectivity index (χ3n) is 4.34. The van der Waals surface area contributed by atoms with Gasteiger partial charge in [0.25, 0.3) is 5.91 Å². The van der Waals surface area contributed by atoms with Crippen LogP contribution in [-0.2, 0) is 4.79 Å². The molecule has 1 aromatic heterocycles. The number of aliphatic carboxylic acids is 1. The molecule has 1 aliphatic rings. The number of carboxylic acids is 1. The number of carbonyl (C=O) groups is 2. The predicted molar refractivity (Wildman–Crippen MR) is 83.7 cm³/mol. The van der Waals surface area contributed by atoms with Gasteiger partial charge in [0.15, 0.2) is 5.69 Å². The first-order valence-corrected chi connectivity index (χ1v) is 7.69. The number of hydrogen-bond donors (Lipinski definition) is 3. The summed E-state index contributed by atoms with van der Waals surface area (Å²) in [6.07, 6.45) is 5.94. The van der Waals surface area contributed by atoms with E-state index in [-0.39, 0.29) is 17.3 Å². The van der Waals surface area contributed by atoms with Gasteiger partial charge in [-0.25, -0.2) is 9.78 Å². The van der Waals surface area contributed by atoms with Gasteiger partial charge in [0.2, 0.25) is 0 Å². The van der Waals surface area contributed by atoms with E-state index < -0.39 is 17.4 Å². The molecule has 1 aromatic rings. The second kappa shape index (κ2) is 6.52. The number of nitrogens with two attached hydrogens (primary N) is 1. The Bertz CT molecular complexity index is 587. The smallest absolute Gasteiger partial charge is 0.329 e. The van der Waals surface area contributed by atoms with Gasteiger partial charge in [-0.2, -0.15) is 0 Å². The fraction of sp³-hybridized carbons (Fsp3) is 0.533. The van der Waals surface area contributed by atoms with Crippen LogP contribution >= 0.6 is 11.6 Å². The molecular formula is C15H20ClN3O3. The lowest BCUT2D eigenvalue weighted by Gasteiger charge is -2.37. The Labute approximate surface area is 134 Å². The van der Waals surface area contributed by atoms with Crippen LogP contribution in [0, 0.1) is 5.92 Å². The highest BCUT2D eigenvalue weighted by atomic mass is 35.5. The molecule has 0 unspecified atom stereocenters. The van der Waals surface area contributed by atoms with Crippen LogP contribution < -0.4 is 11.1 Å². The van der Waals surface area contributed by atoms with Gasteiger partial charge in [0.1, 0.15) is 5.54 Å². The quantitative estimate of drug-likeness (QED) is 0.788. The third kappa shape index (κ3) is 3.32. The minimum atomic E-state index is -1.33. The van der Waals surface area contributed by atoms with E-state index in [4.69, 9.17) is 17.3 Å². The fourth-order valence-corrected chi connectivity index (χ4v) is 3.12. The van der Waals surface area contributed by atoms with E-state index in [1.165, 1.54) is 12.3 Å². The summed E-state index contributed by atoms with van der Waals surface area (Å²) in [7, 11) is 0. The van der Waals surface area contributed by atoms with E-state index in [1.807, 2.05) is 0 Å². The third-order valence-corrected chi connectivity index (χ3v) is 4.54. The number of anilines is 1. The molecule has 7 heteroatoms. The molecule has 120 valence electrons. The van der Waals surface area contributed by atoms with Gasteiger partial charge in [0, 0.05) is 6.20 Å². The van der Waals surface area contributed by atoms with Gasteiger partial charge < -0.3 is 16.2 Å². The van der Waals surface area contributed by atoms with Crippen LogP contribution in [0.4, 0.5) is 5.69 Å². The van der Waals surface area contributed by atoms with Crippen molar-refractivity contribution in [3.8, 4) is 0 Å². The minimum Gasteiger partial charge on any atom is -0.480 e. The van der Waals surface area contributed by atoms with Crippen molar-refractivity contribution in [1.29, 1.82) is 0 Å². The number of hydrogen-bond acceptors (Lipinski definition) is 4. The Morgan fingerprint density at radius 2 is 2.05 bits per heavy atom. The molecule has 2 rings (SSSR count). The molecular weight excluding hydrogens is 306 g/mol. The SMILES string of the molecule is C[C@@](NC(=O)c1ncc(Cl)cc1N)(C(=O)O)C1CCCCC1. The van der Waals surface area contributed by atoms with E-state index in [2.05, 4.69) is 10.3 Å². The highest BCUT2D eigenvalue weighted by Gasteiger charge is 2.43. The number of nitrogen functional groups attached to an aromatic ring is 1. The molecule has 0 aliphatic heterocycles. The number of amides is 1. The molecule has 0 radical (unpaired) electrons. The zero-order valence-corrected chi connectivity index (χ0v) is 13.2. The van der Waals surface area contributed by atoms with Gasteiger partial charge >= 0.3 is 5.97 Å². The summed E-state index contributed by atoms with van der Waals surface area (Å²) in [4.78, 5) is 28.0. The molecule has 22 heavy (non-hydrogen) atoms. The maximum absolute atomic E-state index is 12.4. The van der Waals surface area contributed by atoms with Crippen LogP contribution in [0.2, 0.25) is 5.02 Å². The summed E-state index contributed by atoms with van der Waals surface area (Å²) in [5.41, 5.74) is 4.53. The monoisotopic (exact) mass is 325 g/mol. The first-order valence-electron chi connectivity index (χ1n) is 7.31. The van der Waals surface area contributed by atoms with Gasteiger partial charge in [-0.1, -0.05) is 30.9 Å². The van der Waals surface area contributed by atoms with Crippen LogP contribution in [0.3, 0.4) is 0 Å². The molecule has 1 saturated carbocycles. The molecule has 1 aliphatic carbocycles. The molecule has 0 saturated heterocycles. The minimum absolute atomic E-state index is 0.00677. The van der Waals surface area contributed by atoms with Gasteiger partial charge in [0.05, 0.1) is 10.7 Å². The van der Waals surface area contributed by atoms with Gasteiger partial charge in [-0.15, -0.1) is 0 Å². The number of rotatable bonds is 4. The number of carbonyl (C=O) groups excluding carboxylic acids is 1. The van der Waals surface area contributed by atoms with E-state index >= 15 is 0 Å². The van der Waals surface area contributed by atoms with Crippen molar-refractivity contribution in [3.05, 3.63) is 23.0 Å². The van der Waals surface area contributed by atoms with Gasteiger partial charge in [-0.05, 0) is 31.7 Å². The number of nitrogens with zero attached hydrogens (tertiary/aromatic N) is 1. The molecule has 1 amide bonds. The average molecular weight is 326 g/mol. The summed E-state index contributed by atoms with van der Waals surface area (Å²) >= 11 is 5.76. The van der Waals surface area contributed by atoms with E-state index in [9.17, 15) is 14.7 Å². The summed E-state index contributed by atoms with van der Waals surface area (Å²) in [5, 5.41) is 12.5. The Balaban J connectivity index is 2.23. The van der Waals surface area contributed by atoms with Crippen LogP contribution in [-0.4, -0.2) is 27.5 Å². The molecule has 0 aromatic carbocycles. The Kier molecular flexibility index (Phi) is 4.90. The largest absolute Gasteiger partial charge is 0.480 e. The van der Waals surface area contributed by atoms with Crippen molar-refractivity contribution >= 4 is 29.2 Å². The van der Waals surface area contributed by atoms with Crippen molar-refractivity contribution in [2.24, 2.45) is 5.92 Å². The predicted octanol–water partition coefficient (Wildman–Crippen LogP) is 2.47. The van der Waals surface area contributed by atoms with Crippen molar-refractivity contribution < 1.29 is 14.7 Å². The number of halogens is 1. The van der Waals surface area contributed by atoms with Crippen LogP contribution in [0.25, 0.3) is 0 Å². The summed E-state index contributed by atoms with van der Waals surface area (Å²) < 4.78 is 0. The lowest BCUT2D eigenvalue weighted by Crippen LogP contribution is -2.57. The van der Waals surface area contributed by atoms with Crippen molar-refractivity contribution in [1.82, 2.24) is 10.3 Å². The van der Waals surface area contributed by atoms with Crippen molar-refractivity contribution in [2.45, 2.75) is 44.6 Å². The standard InChI is InChI=1S/C15H20ClN3O3/c1-15(14(21)22,9-5-3-2-4-6-9)19-13(20)12-11(17)7-10(16)8-18-12/h7-9H,2-6,17H2,1H3,(H,19,20)(H,21,22)/t15-/m0/s1. The zero-order valence-electron chi connectivity index (χ0n) is 12.4. The first kappa shape index (κ1) is 16.5. The average Bonchev–Trinajstić information content (AvgIpc) is 2.47. The molecule has 0 spiro atoms. The second-order valence-corrected chi connectivity index (χ2v) is 6.32. The molecule has 1 heterocycles. The maximum Gasteiger partial charge on any atom is 0.329 e. The van der Waals surface area contributed by atoms with E-state index in [0.717, 1.165) is 32.1 Å². The van der Waals surface area contributed by atoms with E-state index in [0.29, 0.717) is 5.02 Å². The Morgan fingerprint density at radius 1 is 1.41 bits per heavy atom. The number of nitrogens with one attached hydrogen (secondary N) is 1. The maximum atomic E-state index is 12.4. The van der Waals surface area contributed by atoms with Crippen molar-refractivity contribution in [2.75, 3.05) is 5.73 Å². The lowest BCUT2D eigenvalue weighted by molar-refractivity contribution is -0.146. The van der Waals surface area contributed by atoms with Crippen LogP contribution in [0.15, 0.2) is 12.3 Å². The second-order valence-electron chi connectivity index (χ2n) is 5.89. The first-order chi connectivity index (χ1) is 10.3. The Morgan fingerprint density at radius 3 is 2.59 bits per heavy atom. The summed E-state index contributed by atoms with van der Waals surface area (Å²) in [5.74, 6) is -1.74. The number of aromatic nitrogens is 1. The van der Waals surface area contributed by atoms with E-state index in [1.54, 1.807) is 6.92 Å². The number of pyridine rings is 1. The van der Waals surface area contributed by atoms with Gasteiger partial charge in [-0.3, -0.25) is 4.79 Å². The summed E-state index contributed by atoms with van der Waals surface area (Å²) in [6.45, 7) is 1.55. The molecule has 4 N–H and O–H groups in total. The molecule has 0 bridgehead atoms. The van der Waals surface area contributed by atoms with Crippen molar-refractivity contribution in [3.63, 3.8) is 0 Å². The lowest BCUT2D eigenvalue weighted by atomic mass is 9.75.